The molecule has 0 fully saturated rings. The van der Waals surface area contributed by atoms with Crippen molar-refractivity contribution in [2.75, 3.05) is 33.2 Å². The van der Waals surface area contributed by atoms with Gasteiger partial charge in [-0.25, -0.2) is 0 Å². The van der Waals surface area contributed by atoms with Crippen LogP contribution in [0.3, 0.4) is 0 Å². The van der Waals surface area contributed by atoms with E-state index in [1.807, 2.05) is 36.4 Å². The first-order chi connectivity index (χ1) is 11.7. The van der Waals surface area contributed by atoms with Crippen molar-refractivity contribution < 1.29 is 14.2 Å². The summed E-state index contributed by atoms with van der Waals surface area (Å²) in [6.07, 6.45) is 0.738. The highest BCUT2D eigenvalue weighted by Crippen LogP contribution is 2.28. The predicted octanol–water partition coefficient (Wildman–Crippen LogP) is 2.68. The Kier molecular flexibility index (Phi) is 6.31. The number of ether oxygens (including phenoxy) is 3. The molecule has 0 aliphatic rings. The van der Waals surface area contributed by atoms with Crippen molar-refractivity contribution in [3.05, 3.63) is 48.0 Å². The number of methoxy groups -OCH3 is 3. The Bertz CT molecular complexity index is 702. The second-order valence-electron chi connectivity index (χ2n) is 5.02. The zero-order valence-electron chi connectivity index (χ0n) is 14.2. The zero-order valence-corrected chi connectivity index (χ0v) is 14.2. The van der Waals surface area contributed by atoms with Crippen LogP contribution in [0.4, 0.5) is 5.69 Å². The van der Waals surface area contributed by atoms with Gasteiger partial charge in [-0.1, -0.05) is 18.2 Å². The van der Waals surface area contributed by atoms with Crippen molar-refractivity contribution >= 4 is 11.6 Å². The summed E-state index contributed by atoms with van der Waals surface area (Å²) in [4.78, 5) is 4.35. The highest BCUT2D eigenvalue weighted by molar-refractivity contribution is 5.94. The van der Waals surface area contributed by atoms with Gasteiger partial charge in [0.1, 0.15) is 17.2 Å². The van der Waals surface area contributed by atoms with E-state index < -0.39 is 0 Å². The van der Waals surface area contributed by atoms with Crippen molar-refractivity contribution in [3.63, 3.8) is 0 Å². The molecule has 0 saturated carbocycles. The van der Waals surface area contributed by atoms with E-state index in [1.165, 1.54) is 0 Å². The van der Waals surface area contributed by atoms with Crippen LogP contribution in [0.5, 0.6) is 17.2 Å². The molecular weight excluding hydrogens is 306 g/mol. The molecule has 128 valence electrons. The van der Waals surface area contributed by atoms with Gasteiger partial charge in [0.15, 0.2) is 5.96 Å². The Balaban J connectivity index is 2.01. The fourth-order valence-electron chi connectivity index (χ4n) is 2.30. The summed E-state index contributed by atoms with van der Waals surface area (Å²) in [5.41, 5.74) is 7.76. The normalized spacial score (nSPS) is 11.0. The van der Waals surface area contributed by atoms with E-state index in [9.17, 15) is 0 Å². The third-order valence-corrected chi connectivity index (χ3v) is 3.53. The van der Waals surface area contributed by atoms with Gasteiger partial charge in [0.05, 0.1) is 27.0 Å². The maximum atomic E-state index is 5.97. The monoisotopic (exact) mass is 329 g/mol. The fraction of sp³-hybridized carbons (Fsp3) is 0.278. The molecule has 2 aromatic rings. The smallest absolute Gasteiger partial charge is 0.193 e. The maximum absolute atomic E-state index is 5.97. The maximum Gasteiger partial charge on any atom is 0.193 e. The molecule has 0 aliphatic carbocycles. The third-order valence-electron chi connectivity index (χ3n) is 3.53. The largest absolute Gasteiger partial charge is 0.497 e. The topological polar surface area (TPSA) is 78.1 Å². The van der Waals surface area contributed by atoms with Crippen LogP contribution in [0.1, 0.15) is 5.56 Å². The number of benzene rings is 2. The second-order valence-corrected chi connectivity index (χ2v) is 5.02. The molecule has 2 rings (SSSR count). The second kappa shape index (κ2) is 8.67. The number of guanidine groups is 1. The van der Waals surface area contributed by atoms with Gasteiger partial charge in [-0.15, -0.1) is 0 Å². The van der Waals surface area contributed by atoms with Crippen molar-refractivity contribution in [2.24, 2.45) is 10.7 Å². The summed E-state index contributed by atoms with van der Waals surface area (Å²) < 4.78 is 15.8. The number of nitrogens with zero attached hydrogens (tertiary/aromatic N) is 1. The van der Waals surface area contributed by atoms with E-state index in [4.69, 9.17) is 19.9 Å². The molecular formula is C18H23N3O3. The van der Waals surface area contributed by atoms with Crippen LogP contribution in [-0.4, -0.2) is 33.8 Å². The molecule has 0 heterocycles. The van der Waals surface area contributed by atoms with Gasteiger partial charge < -0.3 is 25.3 Å². The molecule has 0 amide bonds. The van der Waals surface area contributed by atoms with Crippen LogP contribution in [-0.2, 0) is 6.42 Å². The average molecular weight is 329 g/mol. The van der Waals surface area contributed by atoms with Crippen LogP contribution < -0.4 is 25.3 Å². The molecule has 0 radical (unpaired) electrons. The highest BCUT2D eigenvalue weighted by atomic mass is 16.5. The van der Waals surface area contributed by atoms with Gasteiger partial charge in [-0.05, 0) is 30.2 Å². The SMILES string of the molecule is COc1ccc(OC)c(NC(N)=NCCc2ccccc2OC)c1. The summed E-state index contributed by atoms with van der Waals surface area (Å²) in [6.45, 7) is 0.547. The summed E-state index contributed by atoms with van der Waals surface area (Å²) in [7, 11) is 4.87. The molecule has 6 heteroatoms. The summed E-state index contributed by atoms with van der Waals surface area (Å²) in [5.74, 6) is 2.55. The van der Waals surface area contributed by atoms with E-state index in [1.54, 1.807) is 27.4 Å². The molecule has 0 aliphatic heterocycles. The number of aliphatic imine (C=N–C) groups is 1. The molecule has 0 spiro atoms. The van der Waals surface area contributed by atoms with Crippen LogP contribution in [0.2, 0.25) is 0 Å². The number of anilines is 1. The lowest BCUT2D eigenvalue weighted by Crippen LogP contribution is -2.23. The minimum Gasteiger partial charge on any atom is -0.497 e. The standard InChI is InChI=1S/C18H23N3O3/c1-22-14-8-9-17(24-3)15(12-14)21-18(19)20-11-10-13-6-4-5-7-16(13)23-2/h4-9,12H,10-11H2,1-3H3,(H3,19,20,21). The molecule has 6 nitrogen and oxygen atoms in total. The number of nitrogens with one attached hydrogen (secondary N) is 1. The fourth-order valence-corrected chi connectivity index (χ4v) is 2.30. The first kappa shape index (κ1) is 17.5. The molecule has 0 saturated heterocycles. The summed E-state index contributed by atoms with van der Waals surface area (Å²) >= 11 is 0. The molecule has 0 aromatic heterocycles. The van der Waals surface area contributed by atoms with Crippen molar-refractivity contribution in [3.8, 4) is 17.2 Å². The first-order valence-corrected chi connectivity index (χ1v) is 7.58. The molecule has 24 heavy (non-hydrogen) atoms. The third kappa shape index (κ3) is 4.55. The number of hydrogen-bond acceptors (Lipinski definition) is 4. The number of hydrogen-bond donors (Lipinski definition) is 2. The minimum atomic E-state index is 0.316. The lowest BCUT2D eigenvalue weighted by molar-refractivity contribution is 0.405. The number of nitrogens with two attached hydrogens (primary N) is 1. The van der Waals surface area contributed by atoms with Crippen LogP contribution in [0, 0.1) is 0 Å². The quantitative estimate of drug-likeness (QED) is 0.603. The lowest BCUT2D eigenvalue weighted by Gasteiger charge is -2.12. The predicted molar refractivity (Wildman–Crippen MR) is 96.4 cm³/mol. The van der Waals surface area contributed by atoms with E-state index >= 15 is 0 Å². The lowest BCUT2D eigenvalue weighted by atomic mass is 10.1. The average Bonchev–Trinajstić information content (AvgIpc) is 2.62. The Labute approximate surface area is 142 Å². The first-order valence-electron chi connectivity index (χ1n) is 7.58. The number of rotatable bonds is 7. The zero-order chi connectivity index (χ0) is 17.4. The summed E-state index contributed by atoms with van der Waals surface area (Å²) in [6, 6.07) is 13.3. The van der Waals surface area contributed by atoms with Crippen molar-refractivity contribution in [1.29, 1.82) is 0 Å². The van der Waals surface area contributed by atoms with Crippen molar-refractivity contribution in [1.82, 2.24) is 0 Å². The van der Waals surface area contributed by atoms with Gasteiger partial charge in [0.2, 0.25) is 0 Å². The molecule has 0 unspecified atom stereocenters. The Morgan fingerprint density at radius 2 is 1.75 bits per heavy atom. The van der Waals surface area contributed by atoms with Crippen molar-refractivity contribution in [2.45, 2.75) is 6.42 Å². The van der Waals surface area contributed by atoms with Crippen LogP contribution >= 0.6 is 0 Å². The minimum absolute atomic E-state index is 0.316. The Morgan fingerprint density at radius 3 is 2.46 bits per heavy atom. The molecule has 0 atom stereocenters. The molecule has 0 bridgehead atoms. The molecule has 2 aromatic carbocycles. The van der Waals surface area contributed by atoms with Crippen LogP contribution in [0.15, 0.2) is 47.5 Å². The van der Waals surface area contributed by atoms with E-state index in [2.05, 4.69) is 10.3 Å². The van der Waals surface area contributed by atoms with Gasteiger partial charge in [0, 0.05) is 12.6 Å². The number of para-hydroxylation sites is 1. The van der Waals surface area contributed by atoms with E-state index in [-0.39, 0.29) is 0 Å². The van der Waals surface area contributed by atoms with Gasteiger partial charge in [-0.3, -0.25) is 4.99 Å². The van der Waals surface area contributed by atoms with E-state index in [0.717, 1.165) is 17.7 Å². The van der Waals surface area contributed by atoms with Gasteiger partial charge in [-0.2, -0.15) is 0 Å². The Morgan fingerprint density at radius 1 is 1.00 bits per heavy atom. The highest BCUT2D eigenvalue weighted by Gasteiger charge is 2.06. The van der Waals surface area contributed by atoms with Gasteiger partial charge >= 0.3 is 0 Å². The van der Waals surface area contributed by atoms with Crippen LogP contribution in [0.25, 0.3) is 0 Å². The summed E-state index contributed by atoms with van der Waals surface area (Å²) in [5, 5.41) is 3.04. The van der Waals surface area contributed by atoms with E-state index in [0.29, 0.717) is 29.7 Å². The van der Waals surface area contributed by atoms with Gasteiger partial charge in [0.25, 0.3) is 0 Å². The Hall–Kier alpha value is -2.89. The molecule has 3 N–H and O–H groups in total.